The van der Waals surface area contributed by atoms with Gasteiger partial charge in [0.05, 0.1) is 27.4 Å². The van der Waals surface area contributed by atoms with E-state index in [0.29, 0.717) is 12.8 Å². The fourth-order valence-electron chi connectivity index (χ4n) is 4.54. The number of hydrogen-bond donors (Lipinski definition) is 0. The van der Waals surface area contributed by atoms with Gasteiger partial charge in [0, 0.05) is 11.1 Å². The highest BCUT2D eigenvalue weighted by atomic mass is 32.2. The minimum absolute atomic E-state index is 0.0112. The van der Waals surface area contributed by atoms with Crippen LogP contribution in [0, 0.1) is 11.8 Å². The minimum Gasteiger partial charge on any atom is -0.293 e. The van der Waals surface area contributed by atoms with Gasteiger partial charge in [0.15, 0.2) is 27.3 Å². The van der Waals surface area contributed by atoms with Crippen molar-refractivity contribution in [1.29, 1.82) is 0 Å². The summed E-state index contributed by atoms with van der Waals surface area (Å²) in [6.07, 6.45) is 0.982. The second-order valence-electron chi connectivity index (χ2n) is 10.3. The zero-order chi connectivity index (χ0) is 36.5. The van der Waals surface area contributed by atoms with E-state index in [-0.39, 0.29) is 50.0 Å². The molecule has 0 amide bonds. The van der Waals surface area contributed by atoms with Crippen LogP contribution in [0.5, 0.6) is 0 Å². The van der Waals surface area contributed by atoms with Crippen LogP contribution in [0.1, 0.15) is 73.1 Å². The number of Topliss-reactive ketones (excluding diaryl/α,β-unsaturated/α-hetero) is 4. The van der Waals surface area contributed by atoms with Crippen LogP contribution in [-0.2, 0) is 66.8 Å². The lowest BCUT2D eigenvalue weighted by Gasteiger charge is -2.14. The third-order valence-electron chi connectivity index (χ3n) is 7.15. The third kappa shape index (κ3) is 10.3. The molecule has 2 heterocycles. The SMILES string of the molecule is CCCC(C(=O)C#CC(=O)C1CCOS1(=O)=O)S(=O)(=O)OC.CCCC(C(=O)c1ccc(C(=O)C2CCOS2(=O)=O)cc1)S(=O)(=O)OC. The van der Waals surface area contributed by atoms with Gasteiger partial charge in [0.1, 0.15) is 5.25 Å². The molecule has 20 heteroatoms. The van der Waals surface area contributed by atoms with Gasteiger partial charge in [-0.1, -0.05) is 51.0 Å². The summed E-state index contributed by atoms with van der Waals surface area (Å²) < 4.78 is 111. The molecule has 0 saturated carbocycles. The highest BCUT2D eigenvalue weighted by molar-refractivity contribution is 7.89. The molecule has 0 N–H and O–H groups in total. The molecule has 3 rings (SSSR count). The van der Waals surface area contributed by atoms with Gasteiger partial charge in [-0.05, 0) is 37.5 Å². The Balaban J connectivity index is 0.000000339. The number of benzene rings is 1. The van der Waals surface area contributed by atoms with Crippen LogP contribution < -0.4 is 0 Å². The van der Waals surface area contributed by atoms with Crippen molar-refractivity contribution in [3.63, 3.8) is 0 Å². The summed E-state index contributed by atoms with van der Waals surface area (Å²) in [4.78, 5) is 48.4. The van der Waals surface area contributed by atoms with Crippen molar-refractivity contribution < 1.29 is 69.6 Å². The summed E-state index contributed by atoms with van der Waals surface area (Å²) >= 11 is 0. The molecule has 0 bridgehead atoms. The standard InChI is InChI=1S/C16H20O8S2.C12H16O8S2/c1-3-4-13(25(19,20)23-2)15(17)11-5-7-12(8-6-11)16(18)14-9-10-24-26(14,21)22;1-3-4-11(21(15,16)19-2)9(13)5-6-10(14)12-7-8-20-22(12,17)18/h5-8,13-14H,3-4,9-10H2,1-2H3;11-12H,3-4,7-8H2,1-2H3. The van der Waals surface area contributed by atoms with E-state index in [1.807, 2.05) is 11.8 Å². The second kappa shape index (κ2) is 17.2. The van der Waals surface area contributed by atoms with Crippen LogP contribution in [-0.4, -0.2) is 105 Å². The molecule has 268 valence electrons. The van der Waals surface area contributed by atoms with Gasteiger partial charge in [-0.15, -0.1) is 0 Å². The number of carbonyl (C=O) groups is 4. The lowest BCUT2D eigenvalue weighted by Crippen LogP contribution is -2.31. The molecule has 1 aromatic carbocycles. The minimum atomic E-state index is -4.12. The molecule has 2 fully saturated rings. The van der Waals surface area contributed by atoms with Crippen LogP contribution in [0.3, 0.4) is 0 Å². The molecule has 1 aromatic rings. The molecule has 48 heavy (non-hydrogen) atoms. The highest BCUT2D eigenvalue weighted by Crippen LogP contribution is 2.23. The number of hydrogen-bond acceptors (Lipinski definition) is 16. The first-order valence-electron chi connectivity index (χ1n) is 14.4. The summed E-state index contributed by atoms with van der Waals surface area (Å²) in [7, 11) is -14.2. The molecule has 2 aliphatic heterocycles. The van der Waals surface area contributed by atoms with E-state index in [9.17, 15) is 52.8 Å². The fraction of sp³-hybridized carbons (Fsp3) is 0.571. The van der Waals surface area contributed by atoms with Crippen LogP contribution in [0.4, 0.5) is 0 Å². The molecule has 0 spiro atoms. The molecule has 0 aliphatic carbocycles. The molecule has 4 atom stereocenters. The molecule has 2 saturated heterocycles. The summed E-state index contributed by atoms with van der Waals surface area (Å²) in [6.45, 7) is 3.26. The van der Waals surface area contributed by atoms with Gasteiger partial charge >= 0.3 is 0 Å². The predicted octanol–water partition coefficient (Wildman–Crippen LogP) is 0.707. The average molecular weight is 757 g/mol. The summed E-state index contributed by atoms with van der Waals surface area (Å²) in [5, 5.41) is -5.52. The maximum atomic E-state index is 12.5. The largest absolute Gasteiger partial charge is 0.293 e. The Morgan fingerprint density at radius 1 is 0.750 bits per heavy atom. The Labute approximate surface area is 280 Å². The first-order chi connectivity index (χ1) is 22.3. The number of ketones is 4. The van der Waals surface area contributed by atoms with Crippen molar-refractivity contribution in [2.24, 2.45) is 0 Å². The first-order valence-corrected chi connectivity index (χ1v) is 20.3. The quantitative estimate of drug-likeness (QED) is 0.110. The molecule has 4 unspecified atom stereocenters. The molecular weight excluding hydrogens is 721 g/mol. The average Bonchev–Trinajstić information content (AvgIpc) is 3.59. The van der Waals surface area contributed by atoms with Crippen LogP contribution >= 0.6 is 0 Å². The van der Waals surface area contributed by atoms with Crippen molar-refractivity contribution in [2.45, 2.75) is 73.4 Å². The normalized spacial score (nSPS) is 21.1. The van der Waals surface area contributed by atoms with E-state index in [1.165, 1.54) is 24.3 Å². The van der Waals surface area contributed by atoms with Gasteiger partial charge in [0.25, 0.3) is 40.5 Å². The Kier molecular flexibility index (Phi) is 14.8. The van der Waals surface area contributed by atoms with Crippen molar-refractivity contribution >= 4 is 63.6 Å². The second-order valence-corrected chi connectivity index (χ2v) is 17.7. The van der Waals surface area contributed by atoms with E-state index in [1.54, 1.807) is 13.8 Å². The zero-order valence-electron chi connectivity index (χ0n) is 26.4. The molecule has 0 radical (unpaired) electrons. The Bertz CT molecular complexity index is 1870. The number of rotatable bonds is 14. The van der Waals surface area contributed by atoms with Crippen LogP contribution in [0.25, 0.3) is 0 Å². The zero-order valence-corrected chi connectivity index (χ0v) is 29.7. The molecular formula is C28H36O16S4. The monoisotopic (exact) mass is 756 g/mol. The predicted molar refractivity (Wildman–Crippen MR) is 169 cm³/mol. The molecule has 16 nitrogen and oxygen atoms in total. The molecule has 0 aromatic heterocycles. The van der Waals surface area contributed by atoms with Crippen molar-refractivity contribution in [1.82, 2.24) is 0 Å². The summed E-state index contributed by atoms with van der Waals surface area (Å²) in [5.74, 6) is 0.557. The molecule has 2 aliphatic rings. The lowest BCUT2D eigenvalue weighted by atomic mass is 10.0. The maximum absolute atomic E-state index is 12.5. The fourth-order valence-corrected chi connectivity index (χ4v) is 9.25. The van der Waals surface area contributed by atoms with Gasteiger partial charge in [-0.3, -0.25) is 35.9 Å². The van der Waals surface area contributed by atoms with Crippen molar-refractivity contribution in [3.05, 3.63) is 35.4 Å². The van der Waals surface area contributed by atoms with Crippen LogP contribution in [0.2, 0.25) is 0 Å². The Morgan fingerprint density at radius 3 is 1.62 bits per heavy atom. The van der Waals surface area contributed by atoms with E-state index < -0.39 is 84.6 Å². The smallest absolute Gasteiger partial charge is 0.278 e. The van der Waals surface area contributed by atoms with Gasteiger partial charge in [0.2, 0.25) is 11.6 Å². The topological polar surface area (TPSA) is 242 Å². The van der Waals surface area contributed by atoms with Crippen LogP contribution in [0.15, 0.2) is 24.3 Å². The Hall–Kier alpha value is -2.90. The summed E-state index contributed by atoms with van der Waals surface area (Å²) in [6, 6.07) is 5.25. The van der Waals surface area contributed by atoms with Gasteiger partial charge in [-0.2, -0.15) is 33.7 Å². The lowest BCUT2D eigenvalue weighted by molar-refractivity contribution is -0.115. The first kappa shape index (κ1) is 41.3. The maximum Gasteiger partial charge on any atom is 0.278 e. The van der Waals surface area contributed by atoms with Gasteiger partial charge < -0.3 is 0 Å². The number of carbonyl (C=O) groups excluding carboxylic acids is 4. The summed E-state index contributed by atoms with van der Waals surface area (Å²) in [5.41, 5.74) is 0.216. The highest BCUT2D eigenvalue weighted by Gasteiger charge is 2.40. The van der Waals surface area contributed by atoms with Crippen molar-refractivity contribution in [3.8, 4) is 11.8 Å². The Morgan fingerprint density at radius 2 is 1.19 bits per heavy atom. The van der Waals surface area contributed by atoms with Crippen molar-refractivity contribution in [2.75, 3.05) is 27.4 Å². The van der Waals surface area contributed by atoms with E-state index in [4.69, 9.17) is 0 Å². The van der Waals surface area contributed by atoms with Gasteiger partial charge in [-0.25, -0.2) is 0 Å². The van der Waals surface area contributed by atoms with E-state index in [0.717, 1.165) is 14.2 Å². The van der Waals surface area contributed by atoms with E-state index in [2.05, 4.69) is 16.7 Å². The van der Waals surface area contributed by atoms with E-state index >= 15 is 0 Å². The third-order valence-corrected chi connectivity index (χ3v) is 13.7.